The van der Waals surface area contributed by atoms with Crippen molar-refractivity contribution in [3.05, 3.63) is 90.0 Å². The topological polar surface area (TPSA) is 110 Å². The van der Waals surface area contributed by atoms with Crippen LogP contribution in [-0.4, -0.2) is 55.6 Å². The van der Waals surface area contributed by atoms with Gasteiger partial charge in [0.2, 0.25) is 0 Å². The van der Waals surface area contributed by atoms with E-state index in [1.165, 1.54) is 18.2 Å². The zero-order valence-corrected chi connectivity index (χ0v) is 23.4. The molecule has 3 aromatic carbocycles. The summed E-state index contributed by atoms with van der Waals surface area (Å²) < 4.78 is 17.9. The minimum absolute atomic E-state index is 0.0417. The lowest BCUT2D eigenvalue weighted by Gasteiger charge is -2.53. The van der Waals surface area contributed by atoms with Crippen LogP contribution < -0.4 is 14.5 Å². The molecule has 0 aromatic heterocycles. The maximum Gasteiger partial charge on any atom is 0.339 e. The molecule has 3 atom stereocenters. The molecule has 216 valence electrons. The zero-order valence-electron chi connectivity index (χ0n) is 23.4. The molecule has 4 amide bonds. The first-order valence-electron chi connectivity index (χ1n) is 13.6. The van der Waals surface area contributed by atoms with Crippen LogP contribution in [0.5, 0.6) is 5.75 Å². The first-order valence-corrected chi connectivity index (χ1v) is 13.6. The van der Waals surface area contributed by atoms with Gasteiger partial charge < -0.3 is 19.0 Å². The Balaban J connectivity index is 1.67. The molecule has 3 aliphatic heterocycles. The molecule has 0 aliphatic carbocycles. The van der Waals surface area contributed by atoms with Gasteiger partial charge in [-0.15, -0.1) is 0 Å². The summed E-state index contributed by atoms with van der Waals surface area (Å²) >= 11 is 0. The van der Waals surface area contributed by atoms with Gasteiger partial charge in [0.25, 0.3) is 0 Å². The lowest BCUT2D eigenvalue weighted by atomic mass is 9.91. The van der Waals surface area contributed by atoms with Crippen molar-refractivity contribution in [2.45, 2.75) is 37.3 Å². The summed E-state index contributed by atoms with van der Waals surface area (Å²) in [6.45, 7) is 1.86. The molecule has 0 spiro atoms. The van der Waals surface area contributed by atoms with Crippen molar-refractivity contribution in [2.24, 2.45) is 5.16 Å². The number of ether oxygens (including phenoxy) is 3. The quantitative estimate of drug-likeness (QED) is 0.198. The van der Waals surface area contributed by atoms with Crippen LogP contribution in [0.15, 0.2) is 84.0 Å². The lowest BCUT2D eigenvalue weighted by Crippen LogP contribution is -2.74. The molecule has 11 heteroatoms. The number of amides is 4. The van der Waals surface area contributed by atoms with Gasteiger partial charge in [0.1, 0.15) is 19.0 Å². The largest absolute Gasteiger partial charge is 0.497 e. The Morgan fingerprint density at radius 1 is 1.00 bits per heavy atom. The molecule has 3 aromatic rings. The highest BCUT2D eigenvalue weighted by Crippen LogP contribution is 2.65. The number of esters is 1. The maximum atomic E-state index is 14.8. The summed E-state index contributed by atoms with van der Waals surface area (Å²) in [7, 11) is 2.95. The Kier molecular flexibility index (Phi) is 6.82. The first kappa shape index (κ1) is 27.3. The number of carbonyl (C=O) groups excluding carboxylic acids is 3. The summed E-state index contributed by atoms with van der Waals surface area (Å²) in [5.41, 5.74) is -0.986. The fourth-order valence-corrected chi connectivity index (χ4v) is 6.31. The van der Waals surface area contributed by atoms with Gasteiger partial charge in [-0.3, -0.25) is 14.6 Å². The van der Waals surface area contributed by atoms with Crippen LogP contribution in [0.25, 0.3) is 0 Å². The van der Waals surface area contributed by atoms with Crippen LogP contribution in [0.4, 0.5) is 21.0 Å². The number of para-hydroxylation sites is 1. The van der Waals surface area contributed by atoms with Gasteiger partial charge in [-0.05, 0) is 25.1 Å². The Morgan fingerprint density at radius 3 is 2.38 bits per heavy atom. The predicted octanol–water partition coefficient (Wildman–Crippen LogP) is 5.17. The number of hydrogen-bond acceptors (Lipinski definition) is 8. The van der Waals surface area contributed by atoms with Gasteiger partial charge in [-0.25, -0.2) is 14.5 Å². The number of nitrogens with zero attached hydrogens (tertiary/aromatic N) is 4. The van der Waals surface area contributed by atoms with Crippen molar-refractivity contribution in [2.75, 3.05) is 30.6 Å². The van der Waals surface area contributed by atoms with Crippen LogP contribution in [-0.2, 0) is 24.8 Å². The van der Waals surface area contributed by atoms with E-state index in [1.807, 2.05) is 24.3 Å². The summed E-state index contributed by atoms with van der Waals surface area (Å²) in [5, 5.41) is 3.97. The molecule has 0 saturated carbocycles. The van der Waals surface area contributed by atoms with Crippen molar-refractivity contribution < 1.29 is 33.4 Å². The van der Waals surface area contributed by atoms with Gasteiger partial charge in [0, 0.05) is 29.8 Å². The number of fused-ring (bicyclic) bond motifs is 3. The third-order valence-electron chi connectivity index (χ3n) is 7.89. The van der Waals surface area contributed by atoms with Crippen LogP contribution in [0.1, 0.15) is 37.0 Å². The molecule has 3 heterocycles. The Labute approximate surface area is 242 Å². The molecular weight excluding hydrogens is 540 g/mol. The second-order valence-corrected chi connectivity index (χ2v) is 10.0. The SMILES string of the molecule is CCOC(=O)C[C@]1(c2ccccc2)O[C@@H]2c3ccc(OC)cc3N3C(=O)N(c4ccccc4)C(=O)N1[C@]23C/C=N/OC. The average Bonchev–Trinajstić information content (AvgIpc) is 3.44. The van der Waals surface area contributed by atoms with E-state index in [9.17, 15) is 14.4 Å². The smallest absolute Gasteiger partial charge is 0.339 e. The van der Waals surface area contributed by atoms with Gasteiger partial charge in [0.05, 0.1) is 31.5 Å². The maximum absolute atomic E-state index is 14.8. The number of methoxy groups -OCH3 is 1. The lowest BCUT2D eigenvalue weighted by molar-refractivity contribution is -0.160. The van der Waals surface area contributed by atoms with Crippen molar-refractivity contribution in [1.29, 1.82) is 0 Å². The number of carbonyl (C=O) groups is 3. The second-order valence-electron chi connectivity index (χ2n) is 10.0. The van der Waals surface area contributed by atoms with E-state index in [4.69, 9.17) is 19.0 Å². The van der Waals surface area contributed by atoms with Gasteiger partial charge in [-0.1, -0.05) is 59.8 Å². The molecule has 0 unspecified atom stereocenters. The fraction of sp³-hybridized carbons (Fsp3) is 0.290. The second kappa shape index (κ2) is 10.5. The standard InChI is InChI=1S/C31H30N4O7/c1-4-41-26(36)20-31(21-11-7-5-8-12-21)35-29(38)33(22-13-9-6-10-14-22)28(37)34-25-19-23(39-2)15-16-24(25)27(42-31)30(34,35)17-18-32-40-3/h5-16,18-19,27H,4,17,20H2,1-3H3/b32-18+/t27-,30-,31-/m1/s1. The van der Waals surface area contributed by atoms with Crippen LogP contribution >= 0.6 is 0 Å². The average molecular weight is 571 g/mol. The van der Waals surface area contributed by atoms with Gasteiger partial charge in [0.15, 0.2) is 11.4 Å². The third kappa shape index (κ3) is 3.84. The third-order valence-corrected chi connectivity index (χ3v) is 7.89. The van der Waals surface area contributed by atoms with Gasteiger partial charge >= 0.3 is 18.0 Å². The zero-order chi connectivity index (χ0) is 29.5. The van der Waals surface area contributed by atoms with Gasteiger partial charge in [-0.2, -0.15) is 0 Å². The molecule has 6 rings (SSSR count). The Bertz CT molecular complexity index is 1550. The van der Waals surface area contributed by atoms with Crippen molar-refractivity contribution in [3.63, 3.8) is 0 Å². The number of imide groups is 1. The van der Waals surface area contributed by atoms with E-state index >= 15 is 0 Å². The highest BCUT2D eigenvalue weighted by molar-refractivity contribution is 6.23. The molecule has 2 saturated heterocycles. The molecule has 11 nitrogen and oxygen atoms in total. The molecule has 0 radical (unpaired) electrons. The normalized spacial score (nSPS) is 24.2. The van der Waals surface area contributed by atoms with Crippen molar-refractivity contribution in [3.8, 4) is 5.75 Å². The van der Waals surface area contributed by atoms with E-state index < -0.39 is 35.5 Å². The first-order chi connectivity index (χ1) is 20.4. The summed E-state index contributed by atoms with van der Waals surface area (Å²) in [4.78, 5) is 51.8. The van der Waals surface area contributed by atoms with E-state index in [2.05, 4.69) is 5.16 Å². The van der Waals surface area contributed by atoms with Crippen LogP contribution in [0.2, 0.25) is 0 Å². The highest BCUT2D eigenvalue weighted by Gasteiger charge is 2.75. The molecule has 0 N–H and O–H groups in total. The monoisotopic (exact) mass is 570 g/mol. The van der Waals surface area contributed by atoms with E-state index in [0.717, 1.165) is 4.90 Å². The summed E-state index contributed by atoms with van der Waals surface area (Å²) in [6.07, 6.45) is 0.373. The number of urea groups is 2. The van der Waals surface area contributed by atoms with E-state index in [0.29, 0.717) is 28.3 Å². The minimum Gasteiger partial charge on any atom is -0.497 e. The fourth-order valence-electron chi connectivity index (χ4n) is 6.31. The molecule has 42 heavy (non-hydrogen) atoms. The van der Waals surface area contributed by atoms with Crippen molar-refractivity contribution >= 4 is 35.6 Å². The summed E-state index contributed by atoms with van der Waals surface area (Å²) in [6, 6.07) is 21.8. The highest BCUT2D eigenvalue weighted by atomic mass is 16.6. The van der Waals surface area contributed by atoms with Crippen LogP contribution in [0.3, 0.4) is 0 Å². The van der Waals surface area contributed by atoms with E-state index in [-0.39, 0.29) is 19.4 Å². The number of rotatable bonds is 9. The van der Waals surface area contributed by atoms with Crippen LogP contribution in [0, 0.1) is 0 Å². The molecule has 3 aliphatic rings. The molecule has 0 bridgehead atoms. The number of benzene rings is 3. The number of anilines is 2. The number of oxime groups is 1. The Hall–Kier alpha value is -4.90. The Morgan fingerprint density at radius 2 is 1.71 bits per heavy atom. The number of hydrogen-bond donors (Lipinski definition) is 0. The van der Waals surface area contributed by atoms with Crippen molar-refractivity contribution in [1.82, 2.24) is 4.90 Å². The molecular formula is C31H30N4O7. The van der Waals surface area contributed by atoms with E-state index in [1.54, 1.807) is 73.5 Å². The predicted molar refractivity (Wildman–Crippen MR) is 153 cm³/mol. The molecule has 2 fully saturated rings. The summed E-state index contributed by atoms with van der Waals surface area (Å²) in [5.74, 6) is -0.0303. The minimum atomic E-state index is -1.64.